The number of ether oxygens (including phenoxy) is 1. The summed E-state index contributed by atoms with van der Waals surface area (Å²) in [5.41, 5.74) is 1.48. The van der Waals surface area contributed by atoms with E-state index in [0.717, 1.165) is 31.5 Å². The first-order valence-corrected chi connectivity index (χ1v) is 6.66. The van der Waals surface area contributed by atoms with Crippen LogP contribution in [0.15, 0.2) is 24.3 Å². The summed E-state index contributed by atoms with van der Waals surface area (Å²) >= 11 is 0. The maximum absolute atomic E-state index is 10.2. The molecule has 4 heteroatoms. The van der Waals surface area contributed by atoms with Gasteiger partial charge in [0, 0.05) is 20.2 Å². The van der Waals surface area contributed by atoms with Gasteiger partial charge < -0.3 is 9.84 Å². The topological polar surface area (TPSA) is 56.5 Å². The summed E-state index contributed by atoms with van der Waals surface area (Å²) < 4.78 is 5.38. The molecular formula is C15H20N2O2. The first-order valence-electron chi connectivity index (χ1n) is 6.66. The van der Waals surface area contributed by atoms with Crippen LogP contribution in [0.2, 0.25) is 0 Å². The largest absolute Gasteiger partial charge is 0.387 e. The molecule has 102 valence electrons. The molecular weight excluding hydrogens is 240 g/mol. The number of aliphatic hydroxyl groups excluding tert-OH is 1. The number of hydrogen-bond donors (Lipinski definition) is 1. The average Bonchev–Trinajstić information content (AvgIpc) is 2.47. The summed E-state index contributed by atoms with van der Waals surface area (Å²) in [7, 11) is 1.74. The highest BCUT2D eigenvalue weighted by Gasteiger charge is 2.21. The SMILES string of the molecule is COC1CCCN(CC(O)c2ccc(C#N)cc2)C1. The van der Waals surface area contributed by atoms with Crippen LogP contribution in [0.5, 0.6) is 0 Å². The first-order chi connectivity index (χ1) is 9.22. The fourth-order valence-electron chi connectivity index (χ4n) is 2.50. The van der Waals surface area contributed by atoms with E-state index in [-0.39, 0.29) is 6.10 Å². The summed E-state index contributed by atoms with van der Waals surface area (Å²) in [6, 6.07) is 9.21. The second-order valence-electron chi connectivity index (χ2n) is 5.01. The van der Waals surface area contributed by atoms with Gasteiger partial charge >= 0.3 is 0 Å². The van der Waals surface area contributed by atoms with E-state index in [1.165, 1.54) is 0 Å². The highest BCUT2D eigenvalue weighted by molar-refractivity contribution is 5.32. The maximum atomic E-state index is 10.2. The highest BCUT2D eigenvalue weighted by atomic mass is 16.5. The van der Waals surface area contributed by atoms with Crippen LogP contribution in [0, 0.1) is 11.3 Å². The number of piperidine rings is 1. The van der Waals surface area contributed by atoms with Crippen LogP contribution in [-0.2, 0) is 4.74 Å². The summed E-state index contributed by atoms with van der Waals surface area (Å²) in [4.78, 5) is 2.24. The minimum absolute atomic E-state index is 0.280. The fraction of sp³-hybridized carbons (Fsp3) is 0.533. The van der Waals surface area contributed by atoms with E-state index >= 15 is 0 Å². The zero-order valence-electron chi connectivity index (χ0n) is 11.2. The monoisotopic (exact) mass is 260 g/mol. The van der Waals surface area contributed by atoms with Crippen molar-refractivity contribution >= 4 is 0 Å². The minimum Gasteiger partial charge on any atom is -0.387 e. The van der Waals surface area contributed by atoms with Crippen LogP contribution in [0.4, 0.5) is 0 Å². The molecule has 1 N–H and O–H groups in total. The number of aliphatic hydroxyl groups is 1. The molecule has 0 spiro atoms. The molecule has 0 radical (unpaired) electrons. The number of β-amino-alcohol motifs (C(OH)–C–C–N with tert-alkyl or cyclic N) is 1. The van der Waals surface area contributed by atoms with Crippen molar-refractivity contribution < 1.29 is 9.84 Å². The zero-order chi connectivity index (χ0) is 13.7. The molecule has 0 aromatic heterocycles. The second-order valence-corrected chi connectivity index (χ2v) is 5.01. The van der Waals surface area contributed by atoms with E-state index in [2.05, 4.69) is 11.0 Å². The van der Waals surface area contributed by atoms with Gasteiger partial charge in [0.15, 0.2) is 0 Å². The molecule has 1 heterocycles. The van der Waals surface area contributed by atoms with Gasteiger partial charge in [-0.1, -0.05) is 12.1 Å². The molecule has 1 aliphatic heterocycles. The number of benzene rings is 1. The van der Waals surface area contributed by atoms with Crippen LogP contribution in [0.25, 0.3) is 0 Å². The molecule has 1 fully saturated rings. The Labute approximate surface area is 114 Å². The summed E-state index contributed by atoms with van der Waals surface area (Å²) in [6.07, 6.45) is 1.98. The number of nitriles is 1. The lowest BCUT2D eigenvalue weighted by molar-refractivity contribution is 0.0128. The molecule has 1 aliphatic rings. The Morgan fingerprint density at radius 1 is 1.47 bits per heavy atom. The van der Waals surface area contributed by atoms with E-state index in [0.29, 0.717) is 12.1 Å². The predicted molar refractivity (Wildman–Crippen MR) is 72.6 cm³/mol. The lowest BCUT2D eigenvalue weighted by Crippen LogP contribution is -2.41. The lowest BCUT2D eigenvalue weighted by Gasteiger charge is -2.33. The second kappa shape index (κ2) is 6.67. The number of nitrogens with zero attached hydrogens (tertiary/aromatic N) is 2. The van der Waals surface area contributed by atoms with Crippen molar-refractivity contribution in [3.8, 4) is 6.07 Å². The van der Waals surface area contributed by atoms with E-state index in [1.807, 2.05) is 12.1 Å². The standard InChI is InChI=1S/C15H20N2O2/c1-19-14-3-2-8-17(10-14)11-15(18)13-6-4-12(9-16)5-7-13/h4-7,14-15,18H,2-3,8,10-11H2,1H3. The first kappa shape index (κ1) is 14.0. The van der Waals surface area contributed by atoms with Crippen molar-refractivity contribution in [3.63, 3.8) is 0 Å². The van der Waals surface area contributed by atoms with Crippen LogP contribution in [0.3, 0.4) is 0 Å². The Kier molecular flexibility index (Phi) is 4.92. The van der Waals surface area contributed by atoms with Crippen molar-refractivity contribution in [1.29, 1.82) is 5.26 Å². The molecule has 0 aliphatic carbocycles. The number of hydrogen-bond acceptors (Lipinski definition) is 4. The van der Waals surface area contributed by atoms with Gasteiger partial charge in [-0.25, -0.2) is 0 Å². The average molecular weight is 260 g/mol. The van der Waals surface area contributed by atoms with E-state index in [9.17, 15) is 5.11 Å². The fourth-order valence-corrected chi connectivity index (χ4v) is 2.50. The number of likely N-dealkylation sites (tertiary alicyclic amines) is 1. The van der Waals surface area contributed by atoms with Gasteiger partial charge in [-0.2, -0.15) is 5.26 Å². The van der Waals surface area contributed by atoms with E-state index < -0.39 is 6.10 Å². The summed E-state index contributed by atoms with van der Waals surface area (Å²) in [5.74, 6) is 0. The number of methoxy groups -OCH3 is 1. The van der Waals surface area contributed by atoms with Gasteiger partial charge in [-0.15, -0.1) is 0 Å². The van der Waals surface area contributed by atoms with Crippen molar-refractivity contribution in [1.82, 2.24) is 4.90 Å². The molecule has 0 amide bonds. The molecule has 2 rings (SSSR count). The Morgan fingerprint density at radius 3 is 2.84 bits per heavy atom. The molecule has 0 bridgehead atoms. The van der Waals surface area contributed by atoms with Crippen molar-refractivity contribution in [3.05, 3.63) is 35.4 Å². The normalized spacial score (nSPS) is 21.8. The van der Waals surface area contributed by atoms with Crippen LogP contribution in [0.1, 0.15) is 30.1 Å². The molecule has 1 aromatic carbocycles. The van der Waals surface area contributed by atoms with Crippen molar-refractivity contribution in [2.75, 3.05) is 26.7 Å². The maximum Gasteiger partial charge on any atom is 0.0991 e. The van der Waals surface area contributed by atoms with Crippen LogP contribution >= 0.6 is 0 Å². The summed E-state index contributed by atoms with van der Waals surface area (Å²) in [5, 5.41) is 19.0. The quantitative estimate of drug-likeness (QED) is 0.895. The molecule has 0 saturated carbocycles. The van der Waals surface area contributed by atoms with E-state index in [4.69, 9.17) is 10.00 Å². The van der Waals surface area contributed by atoms with E-state index in [1.54, 1.807) is 19.2 Å². The van der Waals surface area contributed by atoms with Gasteiger partial charge in [0.1, 0.15) is 0 Å². The van der Waals surface area contributed by atoms with Crippen molar-refractivity contribution in [2.24, 2.45) is 0 Å². The Balaban J connectivity index is 1.92. The smallest absolute Gasteiger partial charge is 0.0991 e. The van der Waals surface area contributed by atoms with Gasteiger partial charge in [-0.05, 0) is 37.1 Å². The van der Waals surface area contributed by atoms with Gasteiger partial charge in [-0.3, -0.25) is 4.90 Å². The molecule has 1 aromatic rings. The lowest BCUT2D eigenvalue weighted by atomic mass is 10.0. The molecule has 2 atom stereocenters. The predicted octanol–water partition coefficient (Wildman–Crippen LogP) is 1.70. The Hall–Kier alpha value is -1.41. The van der Waals surface area contributed by atoms with Gasteiger partial charge in [0.25, 0.3) is 0 Å². The highest BCUT2D eigenvalue weighted by Crippen LogP contribution is 2.19. The van der Waals surface area contributed by atoms with Gasteiger partial charge in [0.2, 0.25) is 0 Å². The van der Waals surface area contributed by atoms with Gasteiger partial charge in [0.05, 0.1) is 23.8 Å². The van der Waals surface area contributed by atoms with Crippen molar-refractivity contribution in [2.45, 2.75) is 25.0 Å². The number of rotatable bonds is 4. The summed E-state index contributed by atoms with van der Waals surface area (Å²) in [6.45, 7) is 2.50. The molecule has 19 heavy (non-hydrogen) atoms. The van der Waals surface area contributed by atoms with Crippen LogP contribution < -0.4 is 0 Å². The zero-order valence-corrected chi connectivity index (χ0v) is 11.2. The Morgan fingerprint density at radius 2 is 2.21 bits per heavy atom. The molecule has 4 nitrogen and oxygen atoms in total. The molecule has 2 unspecified atom stereocenters. The van der Waals surface area contributed by atoms with Crippen LogP contribution in [-0.4, -0.2) is 42.9 Å². The Bertz CT molecular complexity index is 438. The third kappa shape index (κ3) is 3.77. The minimum atomic E-state index is -0.511. The third-order valence-corrected chi connectivity index (χ3v) is 3.65. The third-order valence-electron chi connectivity index (χ3n) is 3.65. The molecule has 1 saturated heterocycles.